The minimum atomic E-state index is -0.558. The first-order valence-corrected chi connectivity index (χ1v) is 8.20. The molecule has 0 saturated carbocycles. The van der Waals surface area contributed by atoms with Crippen molar-refractivity contribution in [2.24, 2.45) is 5.73 Å². The highest BCUT2D eigenvalue weighted by molar-refractivity contribution is 6.08. The number of carbonyl (C=O) groups excluding carboxylic acids is 2. The summed E-state index contributed by atoms with van der Waals surface area (Å²) < 4.78 is 0. The topological polar surface area (TPSA) is 119 Å². The summed E-state index contributed by atoms with van der Waals surface area (Å²) in [7, 11) is 0. The van der Waals surface area contributed by atoms with E-state index in [0.29, 0.717) is 16.9 Å². The van der Waals surface area contributed by atoms with Crippen LogP contribution in [0.5, 0.6) is 0 Å². The van der Waals surface area contributed by atoms with Gasteiger partial charge < -0.3 is 16.0 Å². The van der Waals surface area contributed by atoms with Gasteiger partial charge in [-0.05, 0) is 43.2 Å². The Balaban J connectivity index is 1.89. The van der Waals surface area contributed by atoms with Gasteiger partial charge in [0.2, 0.25) is 5.91 Å². The first-order valence-electron chi connectivity index (χ1n) is 8.20. The van der Waals surface area contributed by atoms with Crippen molar-refractivity contribution in [3.05, 3.63) is 63.7 Å². The SMILES string of the molecule is NC(=O)c1ccc(NC(=O)c2cc([N+](=O)[O-])ccc2N2CCCC2)cc1. The zero-order valence-corrected chi connectivity index (χ0v) is 14.0. The van der Waals surface area contributed by atoms with Crippen LogP contribution in [0.4, 0.5) is 17.1 Å². The predicted molar refractivity (Wildman–Crippen MR) is 97.5 cm³/mol. The lowest BCUT2D eigenvalue weighted by Crippen LogP contribution is -2.23. The molecule has 2 aromatic rings. The number of hydrogen-bond donors (Lipinski definition) is 2. The second-order valence-corrected chi connectivity index (χ2v) is 6.05. The van der Waals surface area contributed by atoms with Crippen LogP contribution < -0.4 is 16.0 Å². The average molecular weight is 354 g/mol. The van der Waals surface area contributed by atoms with Crippen molar-refractivity contribution in [1.29, 1.82) is 0 Å². The fourth-order valence-electron chi connectivity index (χ4n) is 2.97. The highest BCUT2D eigenvalue weighted by Gasteiger charge is 2.22. The number of nitrogens with one attached hydrogen (secondary N) is 1. The first kappa shape index (κ1) is 17.4. The van der Waals surface area contributed by atoms with Crippen molar-refractivity contribution in [3.8, 4) is 0 Å². The van der Waals surface area contributed by atoms with E-state index >= 15 is 0 Å². The van der Waals surface area contributed by atoms with E-state index in [2.05, 4.69) is 10.2 Å². The number of benzene rings is 2. The third kappa shape index (κ3) is 3.64. The Hall–Kier alpha value is -3.42. The first-order chi connectivity index (χ1) is 12.5. The van der Waals surface area contributed by atoms with Crippen molar-refractivity contribution in [2.75, 3.05) is 23.3 Å². The van der Waals surface area contributed by atoms with E-state index in [1.165, 1.54) is 24.3 Å². The number of anilines is 2. The molecule has 0 atom stereocenters. The summed E-state index contributed by atoms with van der Waals surface area (Å²) in [5.41, 5.74) is 6.79. The van der Waals surface area contributed by atoms with E-state index in [1.54, 1.807) is 18.2 Å². The second kappa shape index (κ2) is 7.22. The summed E-state index contributed by atoms with van der Waals surface area (Å²) in [5, 5.41) is 13.8. The van der Waals surface area contributed by atoms with Crippen molar-refractivity contribution in [2.45, 2.75) is 12.8 Å². The fourth-order valence-corrected chi connectivity index (χ4v) is 2.97. The number of nitrogens with two attached hydrogens (primary N) is 1. The van der Waals surface area contributed by atoms with Gasteiger partial charge in [0.05, 0.1) is 16.2 Å². The zero-order chi connectivity index (χ0) is 18.7. The van der Waals surface area contributed by atoms with Gasteiger partial charge in [0, 0.05) is 36.5 Å². The van der Waals surface area contributed by atoms with E-state index in [-0.39, 0.29) is 11.3 Å². The summed E-state index contributed by atoms with van der Waals surface area (Å²) in [6.45, 7) is 1.62. The molecule has 8 nitrogen and oxygen atoms in total. The van der Waals surface area contributed by atoms with Gasteiger partial charge in [0.1, 0.15) is 0 Å². The van der Waals surface area contributed by atoms with E-state index < -0.39 is 16.7 Å². The summed E-state index contributed by atoms with van der Waals surface area (Å²) in [4.78, 5) is 36.5. The predicted octanol–water partition coefficient (Wildman–Crippen LogP) is 2.55. The van der Waals surface area contributed by atoms with Crippen LogP contribution in [-0.2, 0) is 0 Å². The van der Waals surface area contributed by atoms with E-state index in [0.717, 1.165) is 25.9 Å². The van der Waals surface area contributed by atoms with E-state index in [1.807, 2.05) is 0 Å². The van der Waals surface area contributed by atoms with Crippen LogP contribution in [0.3, 0.4) is 0 Å². The summed E-state index contributed by atoms with van der Waals surface area (Å²) in [6, 6.07) is 10.5. The Labute approximate surface area is 149 Å². The van der Waals surface area contributed by atoms with Gasteiger partial charge in [-0.2, -0.15) is 0 Å². The number of rotatable bonds is 5. The molecular weight excluding hydrogens is 336 g/mol. The van der Waals surface area contributed by atoms with Crippen molar-refractivity contribution < 1.29 is 14.5 Å². The number of nitrogens with zero attached hydrogens (tertiary/aromatic N) is 2. The monoisotopic (exact) mass is 354 g/mol. The molecule has 3 N–H and O–H groups in total. The van der Waals surface area contributed by atoms with Crippen LogP contribution in [0.1, 0.15) is 33.6 Å². The Kier molecular flexibility index (Phi) is 4.83. The molecule has 0 aliphatic carbocycles. The molecule has 0 unspecified atom stereocenters. The minimum absolute atomic E-state index is 0.137. The van der Waals surface area contributed by atoms with Gasteiger partial charge in [-0.25, -0.2) is 0 Å². The van der Waals surface area contributed by atoms with Gasteiger partial charge in [0.25, 0.3) is 11.6 Å². The third-order valence-electron chi connectivity index (χ3n) is 4.31. The van der Waals surface area contributed by atoms with Crippen LogP contribution in [0.15, 0.2) is 42.5 Å². The van der Waals surface area contributed by atoms with Crippen molar-refractivity contribution >= 4 is 28.9 Å². The molecule has 1 aliphatic rings. The van der Waals surface area contributed by atoms with Gasteiger partial charge in [-0.1, -0.05) is 0 Å². The molecule has 134 valence electrons. The smallest absolute Gasteiger partial charge is 0.270 e. The lowest BCUT2D eigenvalue weighted by molar-refractivity contribution is -0.384. The highest BCUT2D eigenvalue weighted by atomic mass is 16.6. The quantitative estimate of drug-likeness (QED) is 0.632. The number of nitro groups is 1. The standard InChI is InChI=1S/C18H18N4O4/c19-17(23)12-3-5-13(6-4-12)20-18(24)15-11-14(22(25)26)7-8-16(15)21-9-1-2-10-21/h3-8,11H,1-2,9-10H2,(H2,19,23)(H,20,24). The molecule has 1 saturated heterocycles. The maximum absolute atomic E-state index is 12.7. The van der Waals surface area contributed by atoms with Crippen molar-refractivity contribution in [1.82, 2.24) is 0 Å². The summed E-state index contributed by atoms with van der Waals surface area (Å²) in [5.74, 6) is -1.000. The number of nitro benzene ring substituents is 1. The third-order valence-corrected chi connectivity index (χ3v) is 4.31. The zero-order valence-electron chi connectivity index (χ0n) is 14.0. The molecule has 1 heterocycles. The van der Waals surface area contributed by atoms with Crippen LogP contribution >= 0.6 is 0 Å². The van der Waals surface area contributed by atoms with Gasteiger partial charge in [-0.3, -0.25) is 19.7 Å². The minimum Gasteiger partial charge on any atom is -0.371 e. The molecule has 0 bridgehead atoms. The molecular formula is C18H18N4O4. The molecule has 8 heteroatoms. The Morgan fingerprint density at radius 1 is 1.08 bits per heavy atom. The lowest BCUT2D eigenvalue weighted by Gasteiger charge is -2.21. The van der Waals surface area contributed by atoms with E-state index in [9.17, 15) is 19.7 Å². The summed E-state index contributed by atoms with van der Waals surface area (Å²) in [6.07, 6.45) is 2.04. The molecule has 2 amide bonds. The molecule has 1 fully saturated rings. The van der Waals surface area contributed by atoms with Gasteiger partial charge >= 0.3 is 0 Å². The number of amides is 2. The number of carbonyl (C=O) groups is 2. The normalized spacial score (nSPS) is 13.5. The molecule has 1 aliphatic heterocycles. The van der Waals surface area contributed by atoms with Crippen molar-refractivity contribution in [3.63, 3.8) is 0 Å². The Morgan fingerprint density at radius 3 is 2.31 bits per heavy atom. The fraction of sp³-hybridized carbons (Fsp3) is 0.222. The largest absolute Gasteiger partial charge is 0.371 e. The average Bonchev–Trinajstić information content (AvgIpc) is 3.16. The van der Waals surface area contributed by atoms with E-state index in [4.69, 9.17) is 5.73 Å². The summed E-state index contributed by atoms with van der Waals surface area (Å²) >= 11 is 0. The number of primary amides is 1. The Morgan fingerprint density at radius 2 is 1.73 bits per heavy atom. The highest BCUT2D eigenvalue weighted by Crippen LogP contribution is 2.29. The molecule has 0 spiro atoms. The van der Waals surface area contributed by atoms with Crippen LogP contribution in [0.2, 0.25) is 0 Å². The number of non-ortho nitro benzene ring substituents is 1. The molecule has 3 rings (SSSR count). The molecule has 2 aromatic carbocycles. The van der Waals surface area contributed by atoms with Crippen LogP contribution in [0, 0.1) is 10.1 Å². The van der Waals surface area contributed by atoms with Crippen LogP contribution in [0.25, 0.3) is 0 Å². The molecule has 0 radical (unpaired) electrons. The van der Waals surface area contributed by atoms with Gasteiger partial charge in [0.15, 0.2) is 0 Å². The maximum atomic E-state index is 12.7. The number of hydrogen-bond acceptors (Lipinski definition) is 5. The lowest BCUT2D eigenvalue weighted by atomic mass is 10.1. The molecule has 0 aromatic heterocycles. The second-order valence-electron chi connectivity index (χ2n) is 6.05. The van der Waals surface area contributed by atoms with Crippen LogP contribution in [-0.4, -0.2) is 29.8 Å². The Bertz CT molecular complexity index is 858. The molecule has 26 heavy (non-hydrogen) atoms. The maximum Gasteiger partial charge on any atom is 0.270 e. The van der Waals surface area contributed by atoms with Gasteiger partial charge in [-0.15, -0.1) is 0 Å².